The van der Waals surface area contributed by atoms with E-state index in [-0.39, 0.29) is 0 Å². The summed E-state index contributed by atoms with van der Waals surface area (Å²) in [5, 5.41) is 14.2. The van der Waals surface area contributed by atoms with Gasteiger partial charge in [-0.3, -0.25) is 9.80 Å². The lowest BCUT2D eigenvalue weighted by molar-refractivity contribution is 0.0168. The van der Waals surface area contributed by atoms with Gasteiger partial charge in [0.05, 0.1) is 5.60 Å². The molecule has 2 heterocycles. The van der Waals surface area contributed by atoms with Gasteiger partial charge >= 0.3 is 0 Å². The fourth-order valence-corrected chi connectivity index (χ4v) is 3.45. The predicted octanol–water partition coefficient (Wildman–Crippen LogP) is 1.85. The van der Waals surface area contributed by atoms with Gasteiger partial charge in [0.15, 0.2) is 5.13 Å². The minimum atomic E-state index is -0.598. The summed E-state index contributed by atoms with van der Waals surface area (Å²) in [5.41, 5.74) is -0.598. The normalized spacial score (nSPS) is 18.1. The van der Waals surface area contributed by atoms with Crippen molar-refractivity contribution in [2.24, 2.45) is 0 Å². The van der Waals surface area contributed by atoms with Crippen molar-refractivity contribution in [3.63, 3.8) is 0 Å². The number of rotatable bonds is 7. The van der Waals surface area contributed by atoms with E-state index in [0.717, 1.165) is 57.4 Å². The first-order chi connectivity index (χ1) is 9.96. The van der Waals surface area contributed by atoms with E-state index in [1.807, 2.05) is 20.0 Å². The second kappa shape index (κ2) is 7.54. The van der Waals surface area contributed by atoms with Crippen LogP contribution in [0.15, 0.2) is 6.20 Å². The third-order valence-corrected chi connectivity index (χ3v) is 4.47. The molecule has 0 amide bonds. The van der Waals surface area contributed by atoms with Crippen molar-refractivity contribution < 1.29 is 5.11 Å². The summed E-state index contributed by atoms with van der Waals surface area (Å²) >= 11 is 1.76. The van der Waals surface area contributed by atoms with Crippen LogP contribution in [-0.4, -0.2) is 64.8 Å². The molecule has 0 spiro atoms. The van der Waals surface area contributed by atoms with E-state index < -0.39 is 5.60 Å². The molecule has 5 nitrogen and oxygen atoms in total. The van der Waals surface area contributed by atoms with Crippen LogP contribution in [-0.2, 0) is 6.54 Å². The summed E-state index contributed by atoms with van der Waals surface area (Å²) in [7, 11) is 0. The van der Waals surface area contributed by atoms with Gasteiger partial charge in [0.25, 0.3) is 0 Å². The Morgan fingerprint density at radius 3 is 2.57 bits per heavy atom. The van der Waals surface area contributed by atoms with E-state index in [1.165, 1.54) is 4.88 Å². The zero-order chi connectivity index (χ0) is 15.3. The number of hydrogen-bond acceptors (Lipinski definition) is 6. The number of anilines is 1. The number of β-amino-alcohol motifs (C(OH)–C–C–N with tert-alkyl or cyclic N) is 1. The molecule has 1 aromatic rings. The van der Waals surface area contributed by atoms with E-state index >= 15 is 0 Å². The SMILES string of the molecule is CCCNc1ncc(CN2CCN(CC(C)(C)O)CC2)s1. The summed E-state index contributed by atoms with van der Waals surface area (Å²) in [6, 6.07) is 0. The maximum Gasteiger partial charge on any atom is 0.182 e. The first kappa shape index (κ1) is 16.7. The number of aliphatic hydroxyl groups is 1. The van der Waals surface area contributed by atoms with Crippen molar-refractivity contribution in [3.8, 4) is 0 Å². The molecule has 0 saturated carbocycles. The molecule has 2 rings (SSSR count). The number of aromatic nitrogens is 1. The maximum absolute atomic E-state index is 9.88. The highest BCUT2D eigenvalue weighted by Crippen LogP contribution is 2.20. The highest BCUT2D eigenvalue weighted by Gasteiger charge is 2.22. The molecule has 0 aromatic carbocycles. The van der Waals surface area contributed by atoms with Crippen molar-refractivity contribution in [3.05, 3.63) is 11.1 Å². The van der Waals surface area contributed by atoms with Gasteiger partial charge in [-0.05, 0) is 20.3 Å². The largest absolute Gasteiger partial charge is 0.389 e. The van der Waals surface area contributed by atoms with Crippen LogP contribution in [0.25, 0.3) is 0 Å². The number of hydrogen-bond donors (Lipinski definition) is 2. The molecule has 1 aliphatic heterocycles. The van der Waals surface area contributed by atoms with Crippen LogP contribution >= 0.6 is 11.3 Å². The molecule has 0 unspecified atom stereocenters. The second-order valence-corrected chi connectivity index (χ2v) is 7.54. The van der Waals surface area contributed by atoms with Crippen LogP contribution in [0.1, 0.15) is 32.1 Å². The third-order valence-electron chi connectivity index (χ3n) is 3.53. The van der Waals surface area contributed by atoms with Crippen LogP contribution in [0.4, 0.5) is 5.13 Å². The zero-order valence-electron chi connectivity index (χ0n) is 13.4. The highest BCUT2D eigenvalue weighted by molar-refractivity contribution is 7.15. The molecule has 0 aliphatic carbocycles. The van der Waals surface area contributed by atoms with Crippen molar-refractivity contribution in [2.75, 3.05) is 44.6 Å². The molecule has 1 saturated heterocycles. The molecule has 6 heteroatoms. The van der Waals surface area contributed by atoms with E-state index in [2.05, 4.69) is 27.0 Å². The van der Waals surface area contributed by atoms with E-state index in [1.54, 1.807) is 11.3 Å². The molecule has 21 heavy (non-hydrogen) atoms. The Bertz CT molecular complexity index is 422. The van der Waals surface area contributed by atoms with Gasteiger partial charge in [-0.1, -0.05) is 6.92 Å². The van der Waals surface area contributed by atoms with Gasteiger partial charge in [0.1, 0.15) is 0 Å². The molecule has 0 atom stereocenters. The van der Waals surface area contributed by atoms with Gasteiger partial charge in [-0.2, -0.15) is 0 Å². The summed E-state index contributed by atoms with van der Waals surface area (Å²) in [5.74, 6) is 0. The fourth-order valence-electron chi connectivity index (χ4n) is 2.57. The predicted molar refractivity (Wildman–Crippen MR) is 88.9 cm³/mol. The molecule has 2 N–H and O–H groups in total. The Morgan fingerprint density at radius 2 is 1.95 bits per heavy atom. The van der Waals surface area contributed by atoms with Crippen LogP contribution < -0.4 is 5.32 Å². The number of thiazole rings is 1. The highest BCUT2D eigenvalue weighted by atomic mass is 32.1. The van der Waals surface area contributed by atoms with Crippen LogP contribution in [0.5, 0.6) is 0 Å². The molecule has 0 radical (unpaired) electrons. The van der Waals surface area contributed by atoms with Crippen molar-refractivity contribution >= 4 is 16.5 Å². The van der Waals surface area contributed by atoms with Crippen LogP contribution in [0.3, 0.4) is 0 Å². The number of nitrogens with one attached hydrogen (secondary N) is 1. The average Bonchev–Trinajstić information content (AvgIpc) is 2.85. The topological polar surface area (TPSA) is 51.6 Å². The summed E-state index contributed by atoms with van der Waals surface area (Å²) in [4.78, 5) is 10.6. The summed E-state index contributed by atoms with van der Waals surface area (Å²) < 4.78 is 0. The Kier molecular flexibility index (Phi) is 5.98. The molecule has 1 aliphatic rings. The maximum atomic E-state index is 9.88. The van der Waals surface area contributed by atoms with Gasteiger partial charge in [0, 0.05) is 56.9 Å². The summed E-state index contributed by atoms with van der Waals surface area (Å²) in [6.07, 6.45) is 3.12. The molecule has 1 fully saturated rings. The van der Waals surface area contributed by atoms with E-state index in [9.17, 15) is 5.11 Å². The second-order valence-electron chi connectivity index (χ2n) is 6.42. The number of nitrogens with zero attached hydrogens (tertiary/aromatic N) is 3. The van der Waals surface area contributed by atoms with Crippen LogP contribution in [0.2, 0.25) is 0 Å². The first-order valence-corrected chi connectivity index (χ1v) is 8.63. The van der Waals surface area contributed by atoms with Gasteiger partial charge in [-0.25, -0.2) is 4.98 Å². The fraction of sp³-hybridized carbons (Fsp3) is 0.800. The van der Waals surface area contributed by atoms with Crippen molar-refractivity contribution in [1.82, 2.24) is 14.8 Å². The van der Waals surface area contributed by atoms with Crippen molar-refractivity contribution in [1.29, 1.82) is 0 Å². The van der Waals surface area contributed by atoms with Gasteiger partial charge < -0.3 is 10.4 Å². The Hall–Kier alpha value is -0.690. The average molecular weight is 312 g/mol. The van der Waals surface area contributed by atoms with Crippen LogP contribution in [0, 0.1) is 0 Å². The molecular formula is C15H28N4OS. The van der Waals surface area contributed by atoms with Crippen molar-refractivity contribution in [2.45, 2.75) is 39.3 Å². The molecule has 120 valence electrons. The standard InChI is InChI=1S/C15H28N4OS/c1-4-5-16-14-17-10-13(21-14)11-18-6-8-19(9-7-18)12-15(2,3)20/h10,20H,4-9,11-12H2,1-3H3,(H,16,17). The summed E-state index contributed by atoms with van der Waals surface area (Å²) in [6.45, 7) is 12.8. The molecular weight excluding hydrogens is 284 g/mol. The van der Waals surface area contributed by atoms with E-state index in [4.69, 9.17) is 0 Å². The van der Waals surface area contributed by atoms with E-state index in [0.29, 0.717) is 0 Å². The lowest BCUT2D eigenvalue weighted by atomic mass is 10.1. The quantitative estimate of drug-likeness (QED) is 0.805. The first-order valence-electron chi connectivity index (χ1n) is 7.82. The third kappa shape index (κ3) is 5.90. The Morgan fingerprint density at radius 1 is 1.29 bits per heavy atom. The minimum Gasteiger partial charge on any atom is -0.389 e. The smallest absolute Gasteiger partial charge is 0.182 e. The molecule has 0 bridgehead atoms. The number of piperazine rings is 1. The molecule has 1 aromatic heterocycles. The lowest BCUT2D eigenvalue weighted by Gasteiger charge is -2.37. The lowest BCUT2D eigenvalue weighted by Crippen LogP contribution is -2.50. The van der Waals surface area contributed by atoms with Gasteiger partial charge in [0.2, 0.25) is 0 Å². The zero-order valence-corrected chi connectivity index (χ0v) is 14.2. The van der Waals surface area contributed by atoms with Gasteiger partial charge in [-0.15, -0.1) is 11.3 Å². The monoisotopic (exact) mass is 312 g/mol. The minimum absolute atomic E-state index is 0.598. The Balaban J connectivity index is 1.74. The Labute approximate surface area is 132 Å².